The molecule has 1 aliphatic heterocycles. The fraction of sp³-hybridized carbons (Fsp3) is 0.538. The molecule has 2 rings (SSSR count). The smallest absolute Gasteiger partial charge is 0.326 e. The lowest BCUT2D eigenvalue weighted by Crippen LogP contribution is -2.46. The highest BCUT2D eigenvalue weighted by Crippen LogP contribution is 2.21. The molecule has 2 amide bonds. The average Bonchev–Trinajstić information content (AvgIpc) is 2.95. The topological polar surface area (TPSA) is 94.2 Å². The molecule has 0 radical (unpaired) electrons. The quantitative estimate of drug-likeness (QED) is 0.849. The van der Waals surface area contributed by atoms with Crippen molar-refractivity contribution in [3.05, 3.63) is 23.7 Å². The lowest BCUT2D eigenvalue weighted by molar-refractivity contribution is -0.141. The van der Waals surface area contributed by atoms with E-state index in [2.05, 4.69) is 0 Å². The van der Waals surface area contributed by atoms with E-state index in [9.17, 15) is 14.7 Å². The highest BCUT2D eigenvalue weighted by molar-refractivity contribution is 5.83. The van der Waals surface area contributed by atoms with Gasteiger partial charge in [0.15, 0.2) is 0 Å². The number of nitrogens with zero attached hydrogens (tertiary/aromatic N) is 2. The van der Waals surface area contributed by atoms with Crippen molar-refractivity contribution in [3.8, 4) is 0 Å². The summed E-state index contributed by atoms with van der Waals surface area (Å²) in [5, 5.41) is 18.7. The number of aliphatic hydroxyl groups is 1. The summed E-state index contributed by atoms with van der Waals surface area (Å²) in [6.07, 6.45) is 0.826. The van der Waals surface area contributed by atoms with Gasteiger partial charge in [0.1, 0.15) is 11.8 Å². The van der Waals surface area contributed by atoms with Gasteiger partial charge in [-0.1, -0.05) is 0 Å². The molecule has 1 saturated heterocycles. The number of rotatable bonds is 3. The lowest BCUT2D eigenvalue weighted by Gasteiger charge is -2.27. The summed E-state index contributed by atoms with van der Waals surface area (Å²) >= 11 is 0. The Morgan fingerprint density at radius 2 is 2.25 bits per heavy atom. The van der Waals surface area contributed by atoms with Crippen LogP contribution in [0.4, 0.5) is 4.79 Å². The van der Waals surface area contributed by atoms with Crippen LogP contribution in [-0.4, -0.2) is 57.8 Å². The van der Waals surface area contributed by atoms with Gasteiger partial charge in [-0.2, -0.15) is 0 Å². The fourth-order valence-corrected chi connectivity index (χ4v) is 2.38. The first-order chi connectivity index (χ1) is 9.40. The van der Waals surface area contributed by atoms with Crippen molar-refractivity contribution in [3.63, 3.8) is 0 Å². The second-order valence-electron chi connectivity index (χ2n) is 5.04. The fourth-order valence-electron chi connectivity index (χ4n) is 2.38. The molecule has 0 saturated carbocycles. The Balaban J connectivity index is 2.06. The summed E-state index contributed by atoms with van der Waals surface area (Å²) in [6, 6.07) is 0.395. The van der Waals surface area contributed by atoms with Crippen LogP contribution in [0.3, 0.4) is 0 Å². The molecule has 2 atom stereocenters. The van der Waals surface area contributed by atoms with E-state index in [-0.39, 0.29) is 13.0 Å². The molecule has 2 heterocycles. The minimum absolute atomic E-state index is 0.0461. The second kappa shape index (κ2) is 5.54. The largest absolute Gasteiger partial charge is 0.480 e. The minimum Gasteiger partial charge on any atom is -0.480 e. The van der Waals surface area contributed by atoms with Gasteiger partial charge in [0.05, 0.1) is 18.9 Å². The average molecular weight is 282 g/mol. The summed E-state index contributed by atoms with van der Waals surface area (Å²) in [5.74, 6) is -0.372. The zero-order valence-electron chi connectivity index (χ0n) is 11.4. The van der Waals surface area contributed by atoms with Crippen LogP contribution < -0.4 is 0 Å². The third kappa shape index (κ3) is 2.77. The van der Waals surface area contributed by atoms with Gasteiger partial charge in [-0.3, -0.25) is 0 Å². The molecule has 0 aliphatic carbocycles. The molecule has 1 aromatic rings. The molecule has 1 fully saturated rings. The number of urea groups is 1. The molecular formula is C13H18N2O5. The van der Waals surface area contributed by atoms with E-state index in [4.69, 9.17) is 9.52 Å². The molecule has 1 aromatic heterocycles. The summed E-state index contributed by atoms with van der Waals surface area (Å²) in [4.78, 5) is 26.0. The predicted octanol–water partition coefficient (Wildman–Crippen LogP) is 0.660. The monoisotopic (exact) mass is 282 g/mol. The maximum absolute atomic E-state index is 12.3. The first kappa shape index (κ1) is 14.4. The van der Waals surface area contributed by atoms with Gasteiger partial charge in [0.25, 0.3) is 0 Å². The van der Waals surface area contributed by atoms with Crippen LogP contribution in [-0.2, 0) is 11.3 Å². The van der Waals surface area contributed by atoms with Crippen molar-refractivity contribution in [2.75, 3.05) is 13.6 Å². The highest BCUT2D eigenvalue weighted by atomic mass is 16.4. The van der Waals surface area contributed by atoms with Gasteiger partial charge in [0, 0.05) is 25.6 Å². The van der Waals surface area contributed by atoms with Crippen molar-refractivity contribution < 1.29 is 24.2 Å². The first-order valence-corrected chi connectivity index (χ1v) is 6.35. The molecule has 2 N–H and O–H groups in total. The van der Waals surface area contributed by atoms with E-state index in [0.29, 0.717) is 6.54 Å². The van der Waals surface area contributed by atoms with Crippen LogP contribution in [0, 0.1) is 6.92 Å². The highest BCUT2D eigenvalue weighted by Gasteiger charge is 2.40. The Morgan fingerprint density at radius 3 is 2.80 bits per heavy atom. The Kier molecular flexibility index (Phi) is 3.99. The summed E-state index contributed by atoms with van der Waals surface area (Å²) in [5.41, 5.74) is 0.868. The number of amides is 2. The van der Waals surface area contributed by atoms with Crippen LogP contribution in [0.15, 0.2) is 16.7 Å². The number of hydrogen-bond acceptors (Lipinski definition) is 4. The van der Waals surface area contributed by atoms with Gasteiger partial charge in [-0.25, -0.2) is 9.59 Å². The van der Waals surface area contributed by atoms with Crippen LogP contribution in [0.1, 0.15) is 17.7 Å². The van der Waals surface area contributed by atoms with Gasteiger partial charge >= 0.3 is 12.0 Å². The number of aliphatic hydroxyl groups excluding tert-OH is 1. The third-order valence-corrected chi connectivity index (χ3v) is 3.51. The number of carbonyl (C=O) groups is 2. The van der Waals surface area contributed by atoms with Gasteiger partial charge < -0.3 is 24.4 Å². The number of aryl methyl sites for hydroxylation is 1. The van der Waals surface area contributed by atoms with E-state index in [1.807, 2.05) is 0 Å². The number of hydrogen-bond donors (Lipinski definition) is 2. The van der Waals surface area contributed by atoms with Crippen LogP contribution >= 0.6 is 0 Å². The number of likely N-dealkylation sites (tertiary alicyclic amines) is 1. The Hall–Kier alpha value is -2.02. The predicted molar refractivity (Wildman–Crippen MR) is 69.1 cm³/mol. The van der Waals surface area contributed by atoms with Crippen molar-refractivity contribution in [1.82, 2.24) is 9.80 Å². The summed E-state index contributed by atoms with van der Waals surface area (Å²) in [6.45, 7) is 2.18. The number of carboxylic acid groups (broad SMARTS) is 1. The molecule has 0 bridgehead atoms. The molecule has 1 aliphatic rings. The Morgan fingerprint density at radius 1 is 1.55 bits per heavy atom. The zero-order chi connectivity index (χ0) is 14.9. The molecule has 7 heteroatoms. The number of carbonyl (C=O) groups excluding carboxylic acids is 1. The molecule has 0 unspecified atom stereocenters. The normalized spacial score (nSPS) is 22.1. The second-order valence-corrected chi connectivity index (χ2v) is 5.04. The third-order valence-electron chi connectivity index (χ3n) is 3.51. The van der Waals surface area contributed by atoms with E-state index >= 15 is 0 Å². The first-order valence-electron chi connectivity index (χ1n) is 6.35. The van der Waals surface area contributed by atoms with E-state index in [1.54, 1.807) is 26.3 Å². The Bertz CT molecular complexity index is 513. The standard InChI is InChI=1S/C13H18N2O5/c1-8-9(3-4-20-8)6-14(2)13(19)15-7-10(16)5-11(15)12(17)18/h3-4,10-11,16H,5-7H2,1-2H3,(H,17,18)/t10-,11-/m1/s1. The molecule has 0 spiro atoms. The van der Waals surface area contributed by atoms with Crippen molar-refractivity contribution in [2.24, 2.45) is 0 Å². The summed E-state index contributed by atoms with van der Waals surface area (Å²) in [7, 11) is 1.60. The number of carboxylic acids is 1. The Labute approximate surface area is 116 Å². The maximum Gasteiger partial charge on any atom is 0.326 e. The molecule has 20 heavy (non-hydrogen) atoms. The molecular weight excluding hydrogens is 264 g/mol. The van der Waals surface area contributed by atoms with Gasteiger partial charge in [-0.05, 0) is 13.0 Å². The van der Waals surface area contributed by atoms with Crippen LogP contribution in [0.25, 0.3) is 0 Å². The molecule has 0 aromatic carbocycles. The minimum atomic E-state index is -1.09. The number of β-amino-alcohol motifs (C(OH)–C–C–N with tert-alkyl or cyclic N) is 1. The maximum atomic E-state index is 12.3. The number of aliphatic carboxylic acids is 1. The molecule has 110 valence electrons. The van der Waals surface area contributed by atoms with E-state index in [0.717, 1.165) is 11.3 Å². The van der Waals surface area contributed by atoms with Crippen molar-refractivity contribution in [1.29, 1.82) is 0 Å². The van der Waals surface area contributed by atoms with E-state index < -0.39 is 24.1 Å². The number of furan rings is 1. The van der Waals surface area contributed by atoms with Crippen LogP contribution in [0.2, 0.25) is 0 Å². The van der Waals surface area contributed by atoms with Crippen molar-refractivity contribution >= 4 is 12.0 Å². The lowest BCUT2D eigenvalue weighted by atomic mass is 10.2. The molecule has 7 nitrogen and oxygen atoms in total. The van der Waals surface area contributed by atoms with Gasteiger partial charge in [-0.15, -0.1) is 0 Å². The summed E-state index contributed by atoms with van der Waals surface area (Å²) < 4.78 is 5.16. The van der Waals surface area contributed by atoms with Crippen molar-refractivity contribution in [2.45, 2.75) is 32.0 Å². The van der Waals surface area contributed by atoms with Gasteiger partial charge in [0.2, 0.25) is 0 Å². The SMILES string of the molecule is Cc1occc1CN(C)C(=O)N1C[C@H](O)C[C@@H]1C(=O)O. The zero-order valence-corrected chi connectivity index (χ0v) is 11.4. The van der Waals surface area contributed by atoms with E-state index in [1.165, 1.54) is 9.80 Å². The van der Waals surface area contributed by atoms with Crippen LogP contribution in [0.5, 0.6) is 0 Å².